The number of aliphatic imine (C=N–C) groups is 1. The maximum absolute atomic E-state index is 14.3. The van der Waals surface area contributed by atoms with Gasteiger partial charge in [0.1, 0.15) is 11.5 Å². The van der Waals surface area contributed by atoms with Crippen LogP contribution in [0.2, 0.25) is 0 Å². The molecule has 1 unspecified atom stereocenters. The molecule has 2 atom stereocenters. The number of halogens is 3. The van der Waals surface area contributed by atoms with Crippen LogP contribution in [-0.4, -0.2) is 69.1 Å². The second kappa shape index (κ2) is 10.1. The van der Waals surface area contributed by atoms with Crippen LogP contribution in [0.5, 0.6) is 0 Å². The highest BCUT2D eigenvalue weighted by Crippen LogP contribution is 2.44. The van der Waals surface area contributed by atoms with Gasteiger partial charge in [-0.3, -0.25) is 14.6 Å². The minimum absolute atomic E-state index is 0.00990. The lowest BCUT2D eigenvalue weighted by molar-refractivity contribution is -0.156. The Labute approximate surface area is 213 Å². The van der Waals surface area contributed by atoms with Crippen LogP contribution < -0.4 is 10.6 Å². The van der Waals surface area contributed by atoms with Gasteiger partial charge in [-0.2, -0.15) is 13.2 Å². The van der Waals surface area contributed by atoms with Gasteiger partial charge in [0.15, 0.2) is 5.01 Å². The molecule has 1 aromatic rings. The van der Waals surface area contributed by atoms with Gasteiger partial charge in [0, 0.05) is 30.8 Å². The highest BCUT2D eigenvalue weighted by atomic mass is 32.1. The van der Waals surface area contributed by atoms with Crippen molar-refractivity contribution in [2.75, 3.05) is 13.2 Å². The molecule has 0 aromatic carbocycles. The van der Waals surface area contributed by atoms with Crippen molar-refractivity contribution in [2.45, 2.75) is 84.1 Å². The number of likely N-dealkylation sites (tertiary alicyclic amines) is 1. The third-order valence-corrected chi connectivity index (χ3v) is 7.08. The number of amidine groups is 1. The first-order valence-corrected chi connectivity index (χ1v) is 12.7. The zero-order valence-electron chi connectivity index (χ0n) is 21.4. The maximum atomic E-state index is 14.3. The second-order valence-electron chi connectivity index (χ2n) is 11.0. The Hall–Kier alpha value is -2.47. The van der Waals surface area contributed by atoms with Gasteiger partial charge in [-0.1, -0.05) is 0 Å². The van der Waals surface area contributed by atoms with E-state index in [2.05, 4.69) is 20.6 Å². The van der Waals surface area contributed by atoms with Crippen LogP contribution in [0.15, 0.2) is 11.2 Å². The fraction of sp³-hybridized carbons (Fsp3) is 0.667. The number of allylic oxidation sites excluding steroid dienone is 1. The van der Waals surface area contributed by atoms with Gasteiger partial charge < -0.3 is 20.6 Å². The summed E-state index contributed by atoms with van der Waals surface area (Å²) < 4.78 is 42.8. The smallest absolute Gasteiger partial charge is 0.394 e. The Morgan fingerprint density at radius 3 is 2.47 bits per heavy atom. The van der Waals surface area contributed by atoms with Crippen molar-refractivity contribution in [2.24, 2.45) is 10.9 Å². The van der Waals surface area contributed by atoms with Crippen LogP contribution in [0, 0.1) is 5.92 Å². The Morgan fingerprint density at radius 1 is 1.28 bits per heavy atom. The number of aliphatic hydroxyl groups is 1. The number of amides is 2. The Morgan fingerprint density at radius 2 is 1.94 bits per heavy atom. The SMILES string of the molecule is C[C@H]1CCCN1C(=O)c1nc(C(=O)NC(C)(C)CO)sc1C1=CNC(=NC(C)(C)C)CC1C(F)(F)F. The molecule has 2 amide bonds. The van der Waals surface area contributed by atoms with E-state index in [4.69, 9.17) is 0 Å². The summed E-state index contributed by atoms with van der Waals surface area (Å²) in [5.41, 5.74) is -1.87. The molecular weight excluding hydrogens is 495 g/mol. The maximum Gasteiger partial charge on any atom is 0.396 e. The minimum atomic E-state index is -4.61. The number of nitrogens with one attached hydrogen (secondary N) is 2. The summed E-state index contributed by atoms with van der Waals surface area (Å²) in [5.74, 6) is -2.89. The van der Waals surface area contributed by atoms with Gasteiger partial charge in [-0.25, -0.2) is 4.98 Å². The molecule has 0 aliphatic carbocycles. The molecule has 12 heteroatoms. The quantitative estimate of drug-likeness (QED) is 0.535. The van der Waals surface area contributed by atoms with Crippen molar-refractivity contribution >= 4 is 34.6 Å². The largest absolute Gasteiger partial charge is 0.396 e. The van der Waals surface area contributed by atoms with E-state index in [-0.39, 0.29) is 39.6 Å². The zero-order valence-corrected chi connectivity index (χ0v) is 22.2. The molecule has 0 spiro atoms. The van der Waals surface area contributed by atoms with E-state index in [1.165, 1.54) is 6.20 Å². The molecule has 8 nitrogen and oxygen atoms in total. The van der Waals surface area contributed by atoms with E-state index in [1.807, 2.05) is 6.92 Å². The first-order valence-electron chi connectivity index (χ1n) is 11.9. The number of hydrogen-bond donors (Lipinski definition) is 3. The summed E-state index contributed by atoms with van der Waals surface area (Å²) in [6, 6.07) is -0.0833. The molecule has 0 bridgehead atoms. The lowest BCUT2D eigenvalue weighted by atomic mass is 9.90. The fourth-order valence-electron chi connectivity index (χ4n) is 4.15. The second-order valence-corrected chi connectivity index (χ2v) is 12.0. The van der Waals surface area contributed by atoms with Crippen molar-refractivity contribution in [1.82, 2.24) is 20.5 Å². The van der Waals surface area contributed by atoms with Crippen LogP contribution in [0.25, 0.3) is 5.57 Å². The number of hydrogen-bond acceptors (Lipinski definition) is 6. The molecule has 3 rings (SSSR count). The van der Waals surface area contributed by atoms with Gasteiger partial charge in [0.2, 0.25) is 0 Å². The molecule has 200 valence electrons. The van der Waals surface area contributed by atoms with Crippen LogP contribution >= 0.6 is 11.3 Å². The van der Waals surface area contributed by atoms with Gasteiger partial charge in [-0.05, 0) is 54.4 Å². The average molecular weight is 530 g/mol. The van der Waals surface area contributed by atoms with E-state index in [9.17, 15) is 27.9 Å². The standard InChI is InChI=1S/C24H34F3N5O3S/c1-13-8-7-9-32(13)21(35)17-18(36-20(29-17)19(34)31-23(5,6)12-33)14-11-28-16(30-22(2,3)4)10-15(14)24(25,26)27/h11,13,15,33H,7-10,12H2,1-6H3,(H,28,30)(H,31,34)/t13-,15?/m0/s1. The van der Waals surface area contributed by atoms with Crippen LogP contribution in [-0.2, 0) is 0 Å². The summed E-state index contributed by atoms with van der Waals surface area (Å²) in [5, 5.41) is 14.8. The summed E-state index contributed by atoms with van der Waals surface area (Å²) in [7, 11) is 0. The third-order valence-electron chi connectivity index (χ3n) is 5.98. The van der Waals surface area contributed by atoms with Gasteiger partial charge in [-0.15, -0.1) is 11.3 Å². The number of nitrogens with zero attached hydrogens (tertiary/aromatic N) is 3. The lowest BCUT2D eigenvalue weighted by Gasteiger charge is -2.29. The molecule has 2 aliphatic rings. The van der Waals surface area contributed by atoms with Crippen molar-refractivity contribution in [1.29, 1.82) is 0 Å². The Balaban J connectivity index is 2.11. The third kappa shape index (κ3) is 6.44. The van der Waals surface area contributed by atoms with Gasteiger partial charge >= 0.3 is 6.18 Å². The van der Waals surface area contributed by atoms with E-state index in [0.29, 0.717) is 6.54 Å². The minimum Gasteiger partial charge on any atom is -0.394 e. The number of rotatable bonds is 5. The molecule has 3 N–H and O–H groups in total. The van der Waals surface area contributed by atoms with Crippen LogP contribution in [0.3, 0.4) is 0 Å². The van der Waals surface area contributed by atoms with Crippen LogP contribution in [0.1, 0.15) is 86.0 Å². The number of alkyl halides is 3. The predicted octanol–water partition coefficient (Wildman–Crippen LogP) is 3.98. The first-order chi connectivity index (χ1) is 16.5. The monoisotopic (exact) mass is 529 g/mol. The average Bonchev–Trinajstić information content (AvgIpc) is 3.38. The highest BCUT2D eigenvalue weighted by molar-refractivity contribution is 7.15. The van der Waals surface area contributed by atoms with E-state index in [1.54, 1.807) is 39.5 Å². The molecule has 1 fully saturated rings. The highest BCUT2D eigenvalue weighted by Gasteiger charge is 2.47. The summed E-state index contributed by atoms with van der Waals surface area (Å²) >= 11 is 0.747. The fourth-order valence-corrected chi connectivity index (χ4v) is 5.17. The number of aromatic nitrogens is 1. The van der Waals surface area contributed by atoms with Crippen LogP contribution in [0.4, 0.5) is 13.2 Å². The molecule has 2 aliphatic heterocycles. The normalized spacial score (nSPS) is 22.4. The summed E-state index contributed by atoms with van der Waals surface area (Å²) in [6.45, 7) is 10.6. The Kier molecular flexibility index (Phi) is 7.90. The molecule has 3 heterocycles. The predicted molar refractivity (Wildman–Crippen MR) is 133 cm³/mol. The van der Waals surface area contributed by atoms with E-state index in [0.717, 1.165) is 24.2 Å². The number of aliphatic hydroxyl groups excluding tert-OH is 1. The van der Waals surface area contributed by atoms with Crippen molar-refractivity contribution in [3.63, 3.8) is 0 Å². The van der Waals surface area contributed by atoms with E-state index < -0.39 is 41.4 Å². The van der Waals surface area contributed by atoms with Gasteiger partial charge in [0.25, 0.3) is 11.8 Å². The summed E-state index contributed by atoms with van der Waals surface area (Å²) in [4.78, 5) is 36.5. The molecule has 0 radical (unpaired) electrons. The van der Waals surface area contributed by atoms with E-state index >= 15 is 0 Å². The number of thiazole rings is 1. The number of carbonyl (C=O) groups is 2. The molecular formula is C24H34F3N5O3S. The lowest BCUT2D eigenvalue weighted by Crippen LogP contribution is -2.46. The van der Waals surface area contributed by atoms with Gasteiger partial charge in [0.05, 0.1) is 28.5 Å². The molecule has 1 saturated heterocycles. The van der Waals surface area contributed by atoms with Crippen molar-refractivity contribution in [3.8, 4) is 0 Å². The van der Waals surface area contributed by atoms with Crippen molar-refractivity contribution in [3.05, 3.63) is 21.8 Å². The zero-order chi connectivity index (χ0) is 27.1. The molecule has 1 aromatic heterocycles. The topological polar surface area (TPSA) is 107 Å². The molecule has 0 saturated carbocycles. The summed E-state index contributed by atoms with van der Waals surface area (Å²) in [6.07, 6.45) is -2.24. The first kappa shape index (κ1) is 28.1. The number of carbonyl (C=O) groups excluding carboxylic acids is 2. The Bertz CT molecular complexity index is 1070. The van der Waals surface area contributed by atoms with Crippen molar-refractivity contribution < 1.29 is 27.9 Å². The molecule has 36 heavy (non-hydrogen) atoms.